The molecule has 0 fully saturated rings. The Morgan fingerprint density at radius 2 is 1.80 bits per heavy atom. The van der Waals surface area contributed by atoms with E-state index >= 15 is 0 Å². The number of nitrogens with zero attached hydrogens (tertiary/aromatic N) is 3. The molecule has 1 aromatic carbocycles. The molecule has 0 bridgehead atoms. The average Bonchev–Trinajstić information content (AvgIpc) is 2.41. The van der Waals surface area contributed by atoms with Crippen molar-refractivity contribution >= 4 is 17.4 Å². The van der Waals surface area contributed by atoms with E-state index in [0.29, 0.717) is 11.5 Å². The van der Waals surface area contributed by atoms with Crippen molar-refractivity contribution in [2.75, 3.05) is 4.90 Å². The predicted molar refractivity (Wildman–Crippen MR) is 75.0 cm³/mol. The van der Waals surface area contributed by atoms with Crippen LogP contribution in [0.5, 0.6) is 0 Å². The lowest BCUT2D eigenvalue weighted by atomic mass is 9.94. The maximum Gasteiger partial charge on any atom is 0.238 e. The quantitative estimate of drug-likeness (QED) is 0.843. The van der Waals surface area contributed by atoms with Gasteiger partial charge in [-0.15, -0.1) is 0 Å². The number of carbonyl (C=O) groups excluding carboxylic acids is 1. The number of aromatic nitrogens is 2. The first-order chi connectivity index (χ1) is 9.39. The fraction of sp³-hybridized carbons (Fsp3) is 0.267. The van der Waals surface area contributed by atoms with E-state index in [2.05, 4.69) is 9.97 Å². The van der Waals surface area contributed by atoms with Gasteiger partial charge >= 0.3 is 0 Å². The summed E-state index contributed by atoms with van der Waals surface area (Å²) < 4.78 is 13.1. The zero-order valence-corrected chi connectivity index (χ0v) is 11.7. The van der Waals surface area contributed by atoms with Crippen LogP contribution in [-0.2, 0) is 4.79 Å². The van der Waals surface area contributed by atoms with Crippen LogP contribution in [0.1, 0.15) is 20.8 Å². The molecular weight excluding hydrogens is 257 g/mol. The number of carbonyl (C=O) groups is 1. The molecule has 1 amide bonds. The summed E-state index contributed by atoms with van der Waals surface area (Å²) in [6.45, 7) is 5.46. The van der Waals surface area contributed by atoms with Gasteiger partial charge in [-0.05, 0) is 24.3 Å². The Morgan fingerprint density at radius 3 is 2.30 bits per heavy atom. The second-order valence-electron chi connectivity index (χ2n) is 5.43. The number of amides is 1. The highest BCUT2D eigenvalue weighted by atomic mass is 19.1. The van der Waals surface area contributed by atoms with Crippen LogP contribution in [0, 0.1) is 11.2 Å². The second kappa shape index (κ2) is 5.36. The summed E-state index contributed by atoms with van der Waals surface area (Å²) in [6, 6.07) is 5.73. The number of hydrogen-bond donors (Lipinski definition) is 0. The van der Waals surface area contributed by atoms with Crippen molar-refractivity contribution in [1.29, 1.82) is 0 Å². The first kappa shape index (κ1) is 14.1. The molecule has 0 atom stereocenters. The van der Waals surface area contributed by atoms with Crippen LogP contribution in [-0.4, -0.2) is 15.9 Å². The van der Waals surface area contributed by atoms with Gasteiger partial charge in [0.2, 0.25) is 5.91 Å². The maximum absolute atomic E-state index is 13.1. The highest BCUT2D eigenvalue weighted by Crippen LogP contribution is 2.29. The topological polar surface area (TPSA) is 46.1 Å². The third-order valence-corrected chi connectivity index (χ3v) is 2.71. The number of hydrogen-bond acceptors (Lipinski definition) is 3. The highest BCUT2D eigenvalue weighted by Gasteiger charge is 2.30. The third kappa shape index (κ3) is 2.99. The van der Waals surface area contributed by atoms with Crippen LogP contribution in [0.25, 0.3) is 0 Å². The van der Waals surface area contributed by atoms with Crippen LogP contribution in [0.15, 0.2) is 42.9 Å². The molecule has 4 nitrogen and oxygen atoms in total. The molecule has 20 heavy (non-hydrogen) atoms. The first-order valence-corrected chi connectivity index (χ1v) is 6.26. The zero-order valence-electron chi connectivity index (χ0n) is 11.7. The van der Waals surface area contributed by atoms with E-state index in [9.17, 15) is 9.18 Å². The van der Waals surface area contributed by atoms with Crippen LogP contribution in [0.4, 0.5) is 15.9 Å². The van der Waals surface area contributed by atoms with Crippen molar-refractivity contribution in [2.24, 2.45) is 5.41 Å². The van der Waals surface area contributed by atoms with E-state index < -0.39 is 5.41 Å². The first-order valence-electron chi connectivity index (χ1n) is 6.26. The van der Waals surface area contributed by atoms with Crippen LogP contribution in [0.2, 0.25) is 0 Å². The SMILES string of the molecule is CC(C)(C)C(=O)N(c1ccc(F)cc1)c1cnccn1. The standard InChI is InChI=1S/C15H16FN3O/c1-15(2,3)14(20)19(13-10-17-8-9-18-13)12-6-4-11(16)5-7-12/h4-10H,1-3H3. The monoisotopic (exact) mass is 273 g/mol. The van der Waals surface area contributed by atoms with Crippen molar-refractivity contribution in [3.8, 4) is 0 Å². The Hall–Kier alpha value is -2.30. The second-order valence-corrected chi connectivity index (χ2v) is 5.43. The van der Waals surface area contributed by atoms with Crippen molar-refractivity contribution in [2.45, 2.75) is 20.8 Å². The summed E-state index contributed by atoms with van der Waals surface area (Å²) in [5, 5.41) is 0. The molecule has 5 heteroatoms. The summed E-state index contributed by atoms with van der Waals surface area (Å²) in [6.07, 6.45) is 4.56. The molecule has 0 unspecified atom stereocenters. The van der Waals surface area contributed by atoms with Gasteiger partial charge in [0.25, 0.3) is 0 Å². The van der Waals surface area contributed by atoms with Crippen molar-refractivity contribution in [3.05, 3.63) is 48.7 Å². The van der Waals surface area contributed by atoms with Gasteiger partial charge in [0.15, 0.2) is 5.82 Å². The lowest BCUT2D eigenvalue weighted by molar-refractivity contribution is -0.125. The number of halogens is 1. The molecule has 0 saturated carbocycles. The molecule has 0 aliphatic carbocycles. The smallest absolute Gasteiger partial charge is 0.238 e. The zero-order chi connectivity index (χ0) is 14.8. The van der Waals surface area contributed by atoms with Gasteiger partial charge in [-0.25, -0.2) is 9.37 Å². The van der Waals surface area contributed by atoms with Gasteiger partial charge in [-0.1, -0.05) is 20.8 Å². The summed E-state index contributed by atoms with van der Waals surface area (Å²) in [5.41, 5.74) is -0.0295. The minimum atomic E-state index is -0.591. The molecule has 0 aliphatic rings. The predicted octanol–water partition coefficient (Wildman–Crippen LogP) is 3.33. The molecule has 0 aliphatic heterocycles. The van der Waals surface area contributed by atoms with E-state index in [1.807, 2.05) is 20.8 Å². The van der Waals surface area contributed by atoms with Gasteiger partial charge in [-0.2, -0.15) is 0 Å². The molecular formula is C15H16FN3O. The van der Waals surface area contributed by atoms with Crippen molar-refractivity contribution in [3.63, 3.8) is 0 Å². The molecule has 2 aromatic rings. The van der Waals surface area contributed by atoms with Crippen LogP contribution in [0.3, 0.4) is 0 Å². The molecule has 0 saturated heterocycles. The van der Waals surface area contributed by atoms with E-state index in [1.54, 1.807) is 12.1 Å². The molecule has 104 valence electrons. The maximum atomic E-state index is 13.1. The summed E-state index contributed by atoms with van der Waals surface area (Å²) in [4.78, 5) is 22.2. The lowest BCUT2D eigenvalue weighted by Gasteiger charge is -2.28. The molecule has 0 spiro atoms. The van der Waals surface area contributed by atoms with Gasteiger partial charge in [0, 0.05) is 17.8 Å². The summed E-state index contributed by atoms with van der Waals surface area (Å²) in [5.74, 6) is -0.0697. The van der Waals surface area contributed by atoms with E-state index in [0.717, 1.165) is 0 Å². The van der Waals surface area contributed by atoms with Crippen LogP contribution < -0.4 is 4.90 Å². The summed E-state index contributed by atoms with van der Waals surface area (Å²) in [7, 11) is 0. The van der Waals surface area contributed by atoms with E-state index in [1.165, 1.54) is 35.6 Å². The highest BCUT2D eigenvalue weighted by molar-refractivity contribution is 6.02. The van der Waals surface area contributed by atoms with E-state index in [4.69, 9.17) is 0 Å². The number of benzene rings is 1. The Balaban J connectivity index is 2.50. The van der Waals surface area contributed by atoms with Gasteiger partial charge in [0.05, 0.1) is 11.9 Å². The third-order valence-electron chi connectivity index (χ3n) is 2.71. The molecule has 0 N–H and O–H groups in total. The molecule has 2 rings (SSSR count). The Kier molecular flexibility index (Phi) is 3.79. The molecule has 1 heterocycles. The fourth-order valence-electron chi connectivity index (χ4n) is 1.69. The number of rotatable bonds is 2. The molecule has 0 radical (unpaired) electrons. The largest absolute Gasteiger partial charge is 0.273 e. The van der Waals surface area contributed by atoms with Gasteiger partial charge in [0.1, 0.15) is 5.82 Å². The Morgan fingerprint density at radius 1 is 1.15 bits per heavy atom. The van der Waals surface area contributed by atoms with Crippen LogP contribution >= 0.6 is 0 Å². The minimum Gasteiger partial charge on any atom is -0.273 e. The number of anilines is 2. The van der Waals surface area contributed by atoms with Gasteiger partial charge in [-0.3, -0.25) is 14.7 Å². The lowest BCUT2D eigenvalue weighted by Crippen LogP contribution is -2.36. The normalized spacial score (nSPS) is 11.2. The molecule has 1 aromatic heterocycles. The summed E-state index contributed by atoms with van der Waals surface area (Å²) >= 11 is 0. The Labute approximate surface area is 117 Å². The van der Waals surface area contributed by atoms with Gasteiger partial charge < -0.3 is 0 Å². The van der Waals surface area contributed by atoms with E-state index in [-0.39, 0.29) is 11.7 Å². The van der Waals surface area contributed by atoms with Crippen molar-refractivity contribution in [1.82, 2.24) is 9.97 Å². The minimum absolute atomic E-state index is 0.135. The fourth-order valence-corrected chi connectivity index (χ4v) is 1.69. The van der Waals surface area contributed by atoms with Crippen molar-refractivity contribution < 1.29 is 9.18 Å². The average molecular weight is 273 g/mol. The Bertz CT molecular complexity index is 591.